The number of ether oxygens (including phenoxy) is 1. The van der Waals surface area contributed by atoms with Crippen LogP contribution in [0.1, 0.15) is 26.2 Å². The number of carboxylic acid groups (broad SMARTS) is 1. The summed E-state index contributed by atoms with van der Waals surface area (Å²) in [5.74, 6) is -1.24. The first-order valence-corrected chi connectivity index (χ1v) is 6.23. The fourth-order valence-corrected chi connectivity index (χ4v) is 2.61. The number of carboxylic acids is 1. The number of aliphatic carboxylic acids is 1. The minimum atomic E-state index is -0.808. The van der Waals surface area contributed by atoms with Crippen molar-refractivity contribution in [3.63, 3.8) is 0 Å². The number of hydrogen-bond donors (Lipinski definition) is 1. The summed E-state index contributed by atoms with van der Waals surface area (Å²) in [5.41, 5.74) is 0. The fraction of sp³-hybridized carbons (Fsp3) is 0.833. The van der Waals surface area contributed by atoms with Gasteiger partial charge in [-0.1, -0.05) is 6.92 Å². The third-order valence-corrected chi connectivity index (χ3v) is 3.70. The smallest absolute Gasteiger partial charge is 0.308 e. The van der Waals surface area contributed by atoms with Gasteiger partial charge in [0.1, 0.15) is 6.10 Å². The molecule has 3 atom stereocenters. The molecule has 0 spiro atoms. The molecule has 1 N–H and O–H groups in total. The number of carbonyl (C=O) groups is 2. The van der Waals surface area contributed by atoms with Crippen LogP contribution >= 0.6 is 0 Å². The lowest BCUT2D eigenvalue weighted by Gasteiger charge is -2.26. The zero-order chi connectivity index (χ0) is 12.4. The molecular formula is C12H19NO4. The third-order valence-electron chi connectivity index (χ3n) is 3.70. The highest BCUT2D eigenvalue weighted by molar-refractivity contribution is 5.82. The minimum absolute atomic E-state index is 0.0275. The van der Waals surface area contributed by atoms with Crippen LogP contribution in [-0.4, -0.2) is 47.7 Å². The van der Waals surface area contributed by atoms with Crippen molar-refractivity contribution in [1.82, 2.24) is 4.90 Å². The van der Waals surface area contributed by atoms with E-state index in [1.807, 2.05) is 6.92 Å². The second-order valence-electron chi connectivity index (χ2n) is 5.02. The average molecular weight is 241 g/mol. The predicted molar refractivity (Wildman–Crippen MR) is 60.5 cm³/mol. The number of likely N-dealkylation sites (tertiary alicyclic amines) is 1. The molecule has 5 heteroatoms. The number of hydrogen-bond acceptors (Lipinski definition) is 3. The van der Waals surface area contributed by atoms with E-state index in [4.69, 9.17) is 9.84 Å². The van der Waals surface area contributed by atoms with Gasteiger partial charge in [-0.3, -0.25) is 9.59 Å². The van der Waals surface area contributed by atoms with Crippen molar-refractivity contribution >= 4 is 11.9 Å². The van der Waals surface area contributed by atoms with E-state index in [1.54, 1.807) is 4.90 Å². The van der Waals surface area contributed by atoms with Crippen molar-refractivity contribution in [1.29, 1.82) is 0 Å². The van der Waals surface area contributed by atoms with Crippen molar-refractivity contribution in [3.8, 4) is 0 Å². The molecule has 0 radical (unpaired) electrons. The summed E-state index contributed by atoms with van der Waals surface area (Å²) in [6.45, 7) is 3.39. The molecule has 5 nitrogen and oxygen atoms in total. The van der Waals surface area contributed by atoms with Crippen molar-refractivity contribution in [3.05, 3.63) is 0 Å². The van der Waals surface area contributed by atoms with E-state index < -0.39 is 11.9 Å². The topological polar surface area (TPSA) is 66.8 Å². The zero-order valence-corrected chi connectivity index (χ0v) is 10.1. The Hall–Kier alpha value is -1.10. The van der Waals surface area contributed by atoms with Crippen LogP contribution in [0.2, 0.25) is 0 Å². The summed E-state index contributed by atoms with van der Waals surface area (Å²) >= 11 is 0. The third kappa shape index (κ3) is 2.60. The molecule has 96 valence electrons. The van der Waals surface area contributed by atoms with E-state index in [-0.39, 0.29) is 17.9 Å². The molecule has 0 aromatic heterocycles. The summed E-state index contributed by atoms with van der Waals surface area (Å²) in [7, 11) is 0. The highest BCUT2D eigenvalue weighted by Crippen LogP contribution is 2.25. The second kappa shape index (κ2) is 5.04. The van der Waals surface area contributed by atoms with Crippen LogP contribution in [0, 0.1) is 11.8 Å². The Labute approximate surface area is 101 Å². The summed E-state index contributed by atoms with van der Waals surface area (Å²) in [4.78, 5) is 24.8. The van der Waals surface area contributed by atoms with Crippen molar-refractivity contribution < 1.29 is 19.4 Å². The van der Waals surface area contributed by atoms with E-state index in [2.05, 4.69) is 0 Å². The molecule has 2 heterocycles. The standard InChI is InChI=1S/C12H19NO4/c1-8-6-13(7-9(8)12(15)16)11(14)10-4-2-3-5-17-10/h8-10H,2-7H2,1H3,(H,15,16)/t8-,9-,10?/m1/s1. The van der Waals surface area contributed by atoms with Gasteiger partial charge in [-0.2, -0.15) is 0 Å². The largest absolute Gasteiger partial charge is 0.481 e. The van der Waals surface area contributed by atoms with E-state index in [1.165, 1.54) is 0 Å². The van der Waals surface area contributed by atoms with Gasteiger partial charge in [0, 0.05) is 19.7 Å². The molecule has 0 bridgehead atoms. The number of rotatable bonds is 2. The molecule has 2 saturated heterocycles. The van der Waals surface area contributed by atoms with Gasteiger partial charge in [0.05, 0.1) is 5.92 Å². The molecular weight excluding hydrogens is 222 g/mol. The fourth-order valence-electron chi connectivity index (χ4n) is 2.61. The number of nitrogens with zero attached hydrogens (tertiary/aromatic N) is 1. The SMILES string of the molecule is C[C@@H]1CN(C(=O)C2CCCCO2)C[C@H]1C(=O)O. The van der Waals surface area contributed by atoms with Crippen LogP contribution < -0.4 is 0 Å². The first-order valence-electron chi connectivity index (χ1n) is 6.23. The molecule has 0 aromatic carbocycles. The summed E-state index contributed by atoms with van der Waals surface area (Å²) in [6, 6.07) is 0. The van der Waals surface area contributed by atoms with Crippen LogP contribution in [0.25, 0.3) is 0 Å². The molecule has 2 aliphatic rings. The quantitative estimate of drug-likeness (QED) is 0.774. The first kappa shape index (κ1) is 12.4. The highest BCUT2D eigenvalue weighted by atomic mass is 16.5. The second-order valence-corrected chi connectivity index (χ2v) is 5.02. The first-order chi connectivity index (χ1) is 8.09. The van der Waals surface area contributed by atoms with Crippen molar-refractivity contribution in [2.75, 3.05) is 19.7 Å². The molecule has 2 fully saturated rings. The van der Waals surface area contributed by atoms with Crippen LogP contribution in [0.4, 0.5) is 0 Å². The summed E-state index contributed by atoms with van der Waals surface area (Å²) < 4.78 is 5.44. The Morgan fingerprint density at radius 3 is 2.59 bits per heavy atom. The lowest BCUT2D eigenvalue weighted by molar-refractivity contribution is -0.146. The average Bonchev–Trinajstić information content (AvgIpc) is 2.71. The lowest BCUT2D eigenvalue weighted by Crippen LogP contribution is -2.41. The monoisotopic (exact) mass is 241 g/mol. The van der Waals surface area contributed by atoms with Crippen LogP contribution in [0.5, 0.6) is 0 Å². The maximum Gasteiger partial charge on any atom is 0.308 e. The number of carbonyl (C=O) groups excluding carboxylic acids is 1. The predicted octanol–water partition coefficient (Wildman–Crippen LogP) is 0.735. The number of amides is 1. The van der Waals surface area contributed by atoms with Gasteiger partial charge in [0.15, 0.2) is 0 Å². The van der Waals surface area contributed by atoms with Gasteiger partial charge in [0.25, 0.3) is 5.91 Å². The van der Waals surface area contributed by atoms with E-state index in [0.717, 1.165) is 19.3 Å². The van der Waals surface area contributed by atoms with E-state index in [9.17, 15) is 9.59 Å². The van der Waals surface area contributed by atoms with Crippen LogP contribution in [-0.2, 0) is 14.3 Å². The molecule has 2 rings (SSSR count). The van der Waals surface area contributed by atoms with Gasteiger partial charge in [-0.05, 0) is 25.2 Å². The normalized spacial score (nSPS) is 33.7. The highest BCUT2D eigenvalue weighted by Gasteiger charge is 2.39. The molecule has 0 aromatic rings. The van der Waals surface area contributed by atoms with E-state index in [0.29, 0.717) is 19.7 Å². The van der Waals surface area contributed by atoms with Crippen LogP contribution in [0.3, 0.4) is 0 Å². The van der Waals surface area contributed by atoms with Gasteiger partial charge < -0.3 is 14.7 Å². The van der Waals surface area contributed by atoms with Crippen molar-refractivity contribution in [2.45, 2.75) is 32.3 Å². The Bertz CT molecular complexity index is 312. The van der Waals surface area contributed by atoms with Gasteiger partial charge in [-0.15, -0.1) is 0 Å². The van der Waals surface area contributed by atoms with Gasteiger partial charge >= 0.3 is 5.97 Å². The molecule has 2 aliphatic heterocycles. The molecule has 1 unspecified atom stereocenters. The van der Waals surface area contributed by atoms with Crippen LogP contribution in [0.15, 0.2) is 0 Å². The lowest BCUT2D eigenvalue weighted by atomic mass is 9.99. The molecule has 1 amide bonds. The molecule has 0 aliphatic carbocycles. The summed E-state index contributed by atoms with van der Waals surface area (Å²) in [6.07, 6.45) is 2.45. The Morgan fingerprint density at radius 2 is 2.06 bits per heavy atom. The Morgan fingerprint density at radius 1 is 1.29 bits per heavy atom. The minimum Gasteiger partial charge on any atom is -0.481 e. The summed E-state index contributed by atoms with van der Waals surface area (Å²) in [5, 5.41) is 9.02. The van der Waals surface area contributed by atoms with Gasteiger partial charge in [-0.25, -0.2) is 0 Å². The Balaban J connectivity index is 1.94. The molecule has 17 heavy (non-hydrogen) atoms. The molecule has 0 saturated carbocycles. The zero-order valence-electron chi connectivity index (χ0n) is 10.1. The Kier molecular flexibility index (Phi) is 3.66. The van der Waals surface area contributed by atoms with E-state index >= 15 is 0 Å². The van der Waals surface area contributed by atoms with Gasteiger partial charge in [0.2, 0.25) is 0 Å². The van der Waals surface area contributed by atoms with Crippen molar-refractivity contribution in [2.24, 2.45) is 11.8 Å². The maximum atomic E-state index is 12.1. The maximum absolute atomic E-state index is 12.1.